The molecule has 4 nitrogen and oxygen atoms in total. The summed E-state index contributed by atoms with van der Waals surface area (Å²) in [5.74, 6) is -0.151. The van der Waals surface area contributed by atoms with E-state index < -0.39 is 0 Å². The third kappa shape index (κ3) is 2.83. The molecule has 1 atom stereocenters. The molecule has 0 unspecified atom stereocenters. The monoisotopic (exact) mass is 300 g/mol. The number of amides is 2. The zero-order valence-electron chi connectivity index (χ0n) is 11.7. The van der Waals surface area contributed by atoms with Crippen LogP contribution >= 0.6 is 11.3 Å². The fourth-order valence-electron chi connectivity index (χ4n) is 2.50. The molecule has 0 spiro atoms. The Balaban J connectivity index is 1.61. The quantitative estimate of drug-likeness (QED) is 0.911. The fraction of sp³-hybridized carbons (Fsp3) is 0.250. The number of fused-ring (bicyclic) bond motifs is 1. The van der Waals surface area contributed by atoms with Crippen molar-refractivity contribution in [3.8, 4) is 0 Å². The summed E-state index contributed by atoms with van der Waals surface area (Å²) in [6.07, 6.45) is 0.271. The van der Waals surface area contributed by atoms with Crippen molar-refractivity contribution in [2.75, 3.05) is 0 Å². The number of hydrogen-bond donors (Lipinski definition) is 2. The molecule has 1 aliphatic rings. The van der Waals surface area contributed by atoms with Gasteiger partial charge in [-0.2, -0.15) is 0 Å². The summed E-state index contributed by atoms with van der Waals surface area (Å²) in [5.41, 5.74) is 2.77. The molecule has 2 heterocycles. The van der Waals surface area contributed by atoms with E-state index in [9.17, 15) is 9.59 Å². The molecule has 2 amide bonds. The summed E-state index contributed by atoms with van der Waals surface area (Å²) in [7, 11) is 0. The van der Waals surface area contributed by atoms with Gasteiger partial charge in [-0.25, -0.2) is 0 Å². The second-order valence-electron chi connectivity index (χ2n) is 5.12. The summed E-state index contributed by atoms with van der Waals surface area (Å²) in [6.45, 7) is 2.58. The Labute approximate surface area is 127 Å². The lowest BCUT2D eigenvalue weighted by atomic mass is 10.0. The Hall–Kier alpha value is -2.14. The maximum atomic E-state index is 12.1. The number of rotatable bonds is 4. The van der Waals surface area contributed by atoms with Crippen LogP contribution in [0.5, 0.6) is 0 Å². The second kappa shape index (κ2) is 5.69. The minimum atomic E-state index is -0.224. The summed E-state index contributed by atoms with van der Waals surface area (Å²) < 4.78 is 0. The van der Waals surface area contributed by atoms with Gasteiger partial charge in [-0.05, 0) is 35.6 Å². The second-order valence-corrected chi connectivity index (χ2v) is 6.12. The van der Waals surface area contributed by atoms with Crippen LogP contribution in [0.15, 0.2) is 35.7 Å². The van der Waals surface area contributed by atoms with E-state index in [0.717, 1.165) is 5.56 Å². The van der Waals surface area contributed by atoms with Crippen molar-refractivity contribution >= 4 is 23.2 Å². The number of carbonyl (C=O) groups excluding carboxylic acids is 2. The molecule has 108 valence electrons. The molecular weight excluding hydrogens is 284 g/mol. The Morgan fingerprint density at radius 1 is 1.33 bits per heavy atom. The van der Waals surface area contributed by atoms with Crippen LogP contribution in [0.2, 0.25) is 0 Å². The highest BCUT2D eigenvalue weighted by Crippen LogP contribution is 2.27. The Kier molecular flexibility index (Phi) is 3.75. The molecule has 5 heteroatoms. The molecule has 3 rings (SSSR count). The van der Waals surface area contributed by atoms with Crippen molar-refractivity contribution in [1.29, 1.82) is 0 Å². The van der Waals surface area contributed by atoms with Crippen LogP contribution in [0, 0.1) is 6.92 Å². The number of thiophene rings is 1. The average molecular weight is 300 g/mol. The highest BCUT2D eigenvalue weighted by Gasteiger charge is 2.29. The topological polar surface area (TPSA) is 58.2 Å². The van der Waals surface area contributed by atoms with E-state index in [2.05, 4.69) is 10.6 Å². The number of benzene rings is 1. The van der Waals surface area contributed by atoms with Crippen molar-refractivity contribution in [3.05, 3.63) is 57.3 Å². The lowest BCUT2D eigenvalue weighted by Gasteiger charge is -2.11. The molecule has 0 saturated carbocycles. The van der Waals surface area contributed by atoms with Crippen LogP contribution in [0.4, 0.5) is 0 Å². The highest BCUT2D eigenvalue weighted by molar-refractivity contribution is 7.10. The third-order valence-electron chi connectivity index (χ3n) is 3.69. The zero-order valence-corrected chi connectivity index (χ0v) is 12.5. The first-order valence-corrected chi connectivity index (χ1v) is 7.72. The largest absolute Gasteiger partial charge is 0.351 e. The molecule has 0 radical (unpaired) electrons. The SMILES string of the molecule is Cc1ccsc1CNC(=O)C[C@@H]1NC(=O)c2ccccc21. The van der Waals surface area contributed by atoms with Crippen LogP contribution in [0.1, 0.15) is 38.8 Å². The minimum absolute atomic E-state index is 0.0511. The summed E-state index contributed by atoms with van der Waals surface area (Å²) >= 11 is 1.64. The predicted octanol–water partition coefficient (Wildman–Crippen LogP) is 2.55. The molecule has 0 aliphatic carbocycles. The van der Waals surface area contributed by atoms with Gasteiger partial charge >= 0.3 is 0 Å². The van der Waals surface area contributed by atoms with Gasteiger partial charge < -0.3 is 10.6 Å². The van der Waals surface area contributed by atoms with E-state index in [0.29, 0.717) is 12.1 Å². The van der Waals surface area contributed by atoms with E-state index in [1.54, 1.807) is 17.4 Å². The van der Waals surface area contributed by atoms with Crippen molar-refractivity contribution in [2.45, 2.75) is 25.9 Å². The van der Waals surface area contributed by atoms with E-state index in [1.807, 2.05) is 36.6 Å². The number of hydrogen-bond acceptors (Lipinski definition) is 3. The zero-order chi connectivity index (χ0) is 14.8. The Bertz CT molecular complexity index is 693. The van der Waals surface area contributed by atoms with Crippen molar-refractivity contribution < 1.29 is 9.59 Å². The molecule has 1 aromatic carbocycles. The first-order chi connectivity index (χ1) is 10.1. The fourth-order valence-corrected chi connectivity index (χ4v) is 3.35. The molecule has 1 aromatic heterocycles. The van der Waals surface area contributed by atoms with E-state index >= 15 is 0 Å². The van der Waals surface area contributed by atoms with Gasteiger partial charge in [-0.1, -0.05) is 18.2 Å². The van der Waals surface area contributed by atoms with Gasteiger partial charge in [0.15, 0.2) is 0 Å². The normalized spacial score (nSPS) is 16.4. The van der Waals surface area contributed by atoms with Crippen molar-refractivity contribution in [2.24, 2.45) is 0 Å². The van der Waals surface area contributed by atoms with Gasteiger partial charge in [0.05, 0.1) is 19.0 Å². The van der Waals surface area contributed by atoms with Crippen molar-refractivity contribution in [1.82, 2.24) is 10.6 Å². The van der Waals surface area contributed by atoms with Gasteiger partial charge in [-0.15, -0.1) is 11.3 Å². The first kappa shape index (κ1) is 13.8. The van der Waals surface area contributed by atoms with Crippen LogP contribution < -0.4 is 10.6 Å². The molecule has 1 aliphatic heterocycles. The molecule has 0 saturated heterocycles. The van der Waals surface area contributed by atoms with Gasteiger partial charge in [0.2, 0.25) is 5.91 Å². The Morgan fingerprint density at radius 3 is 2.90 bits per heavy atom. The lowest BCUT2D eigenvalue weighted by molar-refractivity contribution is -0.121. The molecule has 2 aromatic rings. The van der Waals surface area contributed by atoms with Gasteiger partial charge in [0, 0.05) is 10.4 Å². The average Bonchev–Trinajstić information content (AvgIpc) is 3.02. The molecule has 0 fully saturated rings. The predicted molar refractivity (Wildman–Crippen MR) is 82.2 cm³/mol. The highest BCUT2D eigenvalue weighted by atomic mass is 32.1. The summed E-state index contributed by atoms with van der Waals surface area (Å²) in [4.78, 5) is 25.0. The Morgan fingerprint density at radius 2 is 2.14 bits per heavy atom. The van der Waals surface area contributed by atoms with E-state index in [1.165, 1.54) is 10.4 Å². The number of nitrogens with one attached hydrogen (secondary N) is 2. The lowest BCUT2D eigenvalue weighted by Crippen LogP contribution is -2.28. The molecule has 21 heavy (non-hydrogen) atoms. The molecule has 2 N–H and O–H groups in total. The minimum Gasteiger partial charge on any atom is -0.351 e. The summed E-state index contributed by atoms with van der Waals surface area (Å²) in [6, 6.07) is 9.23. The van der Waals surface area contributed by atoms with Gasteiger partial charge in [0.1, 0.15) is 0 Å². The third-order valence-corrected chi connectivity index (χ3v) is 4.71. The van der Waals surface area contributed by atoms with Crippen LogP contribution in [0.25, 0.3) is 0 Å². The van der Waals surface area contributed by atoms with Crippen LogP contribution in [-0.2, 0) is 11.3 Å². The van der Waals surface area contributed by atoms with Crippen LogP contribution in [-0.4, -0.2) is 11.8 Å². The molecular formula is C16H16N2O2S. The maximum Gasteiger partial charge on any atom is 0.252 e. The van der Waals surface area contributed by atoms with Gasteiger partial charge in [0.25, 0.3) is 5.91 Å². The van der Waals surface area contributed by atoms with Crippen molar-refractivity contribution in [3.63, 3.8) is 0 Å². The van der Waals surface area contributed by atoms with Crippen LogP contribution in [0.3, 0.4) is 0 Å². The maximum absolute atomic E-state index is 12.1. The smallest absolute Gasteiger partial charge is 0.252 e. The van der Waals surface area contributed by atoms with E-state index in [4.69, 9.17) is 0 Å². The number of aryl methyl sites for hydroxylation is 1. The van der Waals surface area contributed by atoms with Gasteiger partial charge in [-0.3, -0.25) is 9.59 Å². The standard InChI is InChI=1S/C16H16N2O2S/c1-10-6-7-21-14(10)9-17-15(19)8-13-11-4-2-3-5-12(11)16(20)18-13/h2-7,13H,8-9H2,1H3,(H,17,19)(H,18,20)/t13-/m0/s1. The summed E-state index contributed by atoms with van der Waals surface area (Å²) in [5, 5.41) is 7.79. The van der Waals surface area contributed by atoms with E-state index in [-0.39, 0.29) is 24.3 Å². The molecule has 0 bridgehead atoms. The number of carbonyl (C=O) groups is 2. The first-order valence-electron chi connectivity index (χ1n) is 6.84.